The van der Waals surface area contributed by atoms with Crippen LogP contribution < -0.4 is 21.3 Å². The third-order valence-electron chi connectivity index (χ3n) is 11.7. The van der Waals surface area contributed by atoms with Gasteiger partial charge in [-0.15, -0.1) is 0 Å². The van der Waals surface area contributed by atoms with Crippen molar-refractivity contribution in [3.8, 4) is 0 Å². The summed E-state index contributed by atoms with van der Waals surface area (Å²) in [6.07, 6.45) is -2.07. The monoisotopic (exact) mass is 919 g/mol. The lowest BCUT2D eigenvalue weighted by molar-refractivity contribution is -0.163. The lowest BCUT2D eigenvalue weighted by Gasteiger charge is -2.39. The maximum Gasteiger partial charge on any atom is 0.469 e. The van der Waals surface area contributed by atoms with Crippen molar-refractivity contribution in [3.05, 3.63) is 64.4 Å². The van der Waals surface area contributed by atoms with Gasteiger partial charge in [-0.2, -0.15) is 0 Å². The lowest BCUT2D eigenvalue weighted by Crippen LogP contribution is -2.63. The van der Waals surface area contributed by atoms with Crippen LogP contribution in [0.25, 0.3) is 0 Å². The van der Waals surface area contributed by atoms with Crippen LogP contribution in [0.5, 0.6) is 0 Å². The molecule has 342 valence electrons. The number of nitrogens with one attached hydrogen (secondary N) is 4. The molecule has 19 nitrogen and oxygen atoms in total. The number of anilines is 1. The highest BCUT2D eigenvalue weighted by Gasteiger charge is 2.50. The van der Waals surface area contributed by atoms with Crippen molar-refractivity contribution < 1.29 is 61.6 Å². The molecule has 4 aliphatic rings. The molecule has 9 atom stereocenters. The van der Waals surface area contributed by atoms with Gasteiger partial charge in [0.25, 0.3) is 0 Å². The molecule has 2 aromatic rings. The number of amides is 7. The molecule has 2 aromatic carbocycles. The first-order valence-electron chi connectivity index (χ1n) is 20.7. The summed E-state index contributed by atoms with van der Waals surface area (Å²) in [5.41, 5.74) is 1.14. The fraction of sp³-hybridized carbons (Fsp3) is 0.537. The minimum absolute atomic E-state index is 0.0722. The standard InChI is InChI=1S/C41H52ClFN7O12P/c1-21-8-7-9-25(14-21)16-30(46-41(57)45-29-12-11-26(42)17-28(29)43)35(51)47-34-24(4)61-40(56)33-15-22(2)19-49(33)37(53)23(3)44-36(52)31-10-5-6-13-48(31)38(54)32-18-27(62-63(58,59)60)20-50(32)39(34)55/h7-9,11-12,14,17,22-24,27,30-34H,5-6,10,13,15-16,18-20H2,1-4H3,(H,44,52)(H,47,51)(H2,45,46,57)(H2,58,59,60)/t22-,23+,24+,27-,30+,31+,32+,33+,34+/m1/s1. The Bertz CT molecular complexity index is 2180. The van der Waals surface area contributed by atoms with Crippen molar-refractivity contribution in [3.63, 3.8) is 0 Å². The second-order valence-electron chi connectivity index (χ2n) is 16.7. The number of carbonyl (C=O) groups excluding carboxylic acids is 7. The molecule has 4 aliphatic heterocycles. The zero-order valence-electron chi connectivity index (χ0n) is 35.1. The molecule has 0 radical (unpaired) electrons. The Morgan fingerprint density at radius 2 is 1.68 bits per heavy atom. The number of nitrogens with zero attached hydrogens (tertiary/aromatic N) is 3. The molecule has 0 saturated carbocycles. The second-order valence-corrected chi connectivity index (χ2v) is 18.3. The smallest absolute Gasteiger partial charge is 0.458 e. The van der Waals surface area contributed by atoms with Gasteiger partial charge in [0.2, 0.25) is 29.5 Å². The van der Waals surface area contributed by atoms with E-state index in [9.17, 15) is 52.3 Å². The first-order chi connectivity index (χ1) is 29.7. The summed E-state index contributed by atoms with van der Waals surface area (Å²) in [5, 5.41) is 10.2. The number of carbonyl (C=O) groups is 7. The Morgan fingerprint density at radius 3 is 2.38 bits per heavy atom. The first kappa shape index (κ1) is 47.3. The topological polar surface area (TPSA) is 253 Å². The number of phosphoric ester groups is 1. The summed E-state index contributed by atoms with van der Waals surface area (Å²) >= 11 is 5.87. The summed E-state index contributed by atoms with van der Waals surface area (Å²) in [6.45, 7) is 6.08. The van der Waals surface area contributed by atoms with E-state index in [1.54, 1.807) is 18.2 Å². The van der Waals surface area contributed by atoms with Crippen LogP contribution in [-0.4, -0.2) is 134 Å². The number of fused-ring (bicyclic) bond motifs is 3. The molecule has 6 N–H and O–H groups in total. The number of urea groups is 1. The van der Waals surface area contributed by atoms with E-state index in [-0.39, 0.29) is 49.0 Å². The normalized spacial score (nSPS) is 27.7. The van der Waals surface area contributed by atoms with Crippen LogP contribution >= 0.6 is 19.4 Å². The Morgan fingerprint density at radius 1 is 0.952 bits per heavy atom. The number of benzene rings is 2. The number of aryl methyl sites for hydroxylation is 1. The number of rotatable bonds is 8. The van der Waals surface area contributed by atoms with Gasteiger partial charge in [-0.25, -0.2) is 18.5 Å². The van der Waals surface area contributed by atoms with E-state index >= 15 is 0 Å². The summed E-state index contributed by atoms with van der Waals surface area (Å²) in [4.78, 5) is 122. The highest BCUT2D eigenvalue weighted by Crippen LogP contribution is 2.41. The van der Waals surface area contributed by atoms with Gasteiger partial charge in [0.05, 0.1) is 11.8 Å². The average molecular weight is 920 g/mol. The van der Waals surface area contributed by atoms with Crippen LogP contribution in [0, 0.1) is 18.7 Å². The van der Waals surface area contributed by atoms with Crippen molar-refractivity contribution in [2.75, 3.05) is 25.0 Å². The van der Waals surface area contributed by atoms with Crippen molar-refractivity contribution in [2.45, 2.75) is 115 Å². The third-order valence-corrected chi connectivity index (χ3v) is 12.5. The second kappa shape index (κ2) is 19.7. The van der Waals surface area contributed by atoms with Crippen molar-refractivity contribution >= 4 is 66.6 Å². The van der Waals surface area contributed by atoms with Gasteiger partial charge < -0.3 is 50.5 Å². The summed E-state index contributed by atoms with van der Waals surface area (Å²) < 4.78 is 37.6. The summed E-state index contributed by atoms with van der Waals surface area (Å²) in [5.74, 6) is -5.92. The molecule has 63 heavy (non-hydrogen) atoms. The predicted molar refractivity (Wildman–Crippen MR) is 223 cm³/mol. The number of piperidine rings is 1. The fourth-order valence-corrected chi connectivity index (χ4v) is 9.37. The van der Waals surface area contributed by atoms with Crippen LogP contribution in [0.15, 0.2) is 42.5 Å². The minimum atomic E-state index is -5.18. The molecule has 0 spiro atoms. The zero-order valence-corrected chi connectivity index (χ0v) is 36.8. The number of esters is 1. The van der Waals surface area contributed by atoms with E-state index in [0.717, 1.165) is 16.5 Å². The Balaban J connectivity index is 1.39. The molecular formula is C41H52ClFN7O12P. The van der Waals surface area contributed by atoms with Gasteiger partial charge in [0.15, 0.2) is 0 Å². The number of hydrogen-bond acceptors (Lipinski definition) is 10. The molecule has 22 heteroatoms. The van der Waals surface area contributed by atoms with E-state index < -0.39 is 117 Å². The quantitative estimate of drug-likeness (QED) is 0.165. The molecular weight excluding hydrogens is 868 g/mol. The molecule has 4 fully saturated rings. The lowest BCUT2D eigenvalue weighted by atomic mass is 9.98. The molecule has 0 unspecified atom stereocenters. The van der Waals surface area contributed by atoms with Crippen LogP contribution in [0.1, 0.15) is 64.0 Å². The number of phosphoric acid groups is 1. The van der Waals surface area contributed by atoms with Gasteiger partial charge >= 0.3 is 19.8 Å². The third kappa shape index (κ3) is 11.5. The van der Waals surface area contributed by atoms with Crippen LogP contribution in [0.2, 0.25) is 5.02 Å². The zero-order chi connectivity index (χ0) is 45.9. The van der Waals surface area contributed by atoms with Crippen LogP contribution in [0.4, 0.5) is 14.9 Å². The minimum Gasteiger partial charge on any atom is -0.458 e. The summed E-state index contributed by atoms with van der Waals surface area (Å²) in [7, 11) is -5.18. The van der Waals surface area contributed by atoms with E-state index in [1.807, 2.05) is 19.9 Å². The van der Waals surface area contributed by atoms with Crippen molar-refractivity contribution in [2.24, 2.45) is 5.92 Å². The number of cyclic esters (lactones) is 1. The molecule has 4 saturated heterocycles. The van der Waals surface area contributed by atoms with Gasteiger partial charge in [-0.3, -0.25) is 28.5 Å². The van der Waals surface area contributed by atoms with Gasteiger partial charge in [0.1, 0.15) is 48.2 Å². The molecule has 0 aromatic heterocycles. The van der Waals surface area contributed by atoms with E-state index in [2.05, 4.69) is 21.3 Å². The molecule has 7 amide bonds. The number of ether oxygens (including phenoxy) is 1. The van der Waals surface area contributed by atoms with Crippen LogP contribution in [0.3, 0.4) is 0 Å². The van der Waals surface area contributed by atoms with Crippen LogP contribution in [-0.2, 0) is 49.0 Å². The van der Waals surface area contributed by atoms with Crippen molar-refractivity contribution in [1.29, 1.82) is 0 Å². The number of halogens is 2. The predicted octanol–water partition coefficient (Wildman–Crippen LogP) is 2.15. The fourth-order valence-electron chi connectivity index (χ4n) is 8.67. The molecule has 6 rings (SSSR count). The Hall–Kier alpha value is -5.14. The maximum absolute atomic E-state index is 15.0. The molecule has 4 heterocycles. The SMILES string of the molecule is Cc1cccc(C[C@H](NC(=O)Nc2ccc(Cl)cc2F)C(=O)N[C@@H]2C(=O)N3C[C@H](OP(=O)(O)O)C[C@H]3C(=O)N3CCCC[C@H]3C(=O)N[C@@H](C)C(=O)N3C[C@H](C)C[C@H]3C(=O)O[C@H]2C)c1. The van der Waals surface area contributed by atoms with Gasteiger partial charge in [-0.1, -0.05) is 48.4 Å². The van der Waals surface area contributed by atoms with E-state index in [4.69, 9.17) is 20.9 Å². The first-order valence-corrected chi connectivity index (χ1v) is 22.6. The van der Waals surface area contributed by atoms with Gasteiger partial charge in [-0.05, 0) is 76.1 Å². The summed E-state index contributed by atoms with van der Waals surface area (Å²) in [6, 6.07) is 1.40. The Kier molecular flexibility index (Phi) is 14.8. The molecule has 0 aliphatic carbocycles. The molecule has 0 bridgehead atoms. The Labute approximate surface area is 367 Å². The largest absolute Gasteiger partial charge is 0.469 e. The van der Waals surface area contributed by atoms with Gasteiger partial charge in [0, 0.05) is 37.5 Å². The van der Waals surface area contributed by atoms with Crippen molar-refractivity contribution in [1.82, 2.24) is 30.7 Å². The highest BCUT2D eigenvalue weighted by molar-refractivity contribution is 7.46. The maximum atomic E-state index is 15.0. The van der Waals surface area contributed by atoms with E-state index in [0.29, 0.717) is 18.4 Å². The number of hydrogen-bond donors (Lipinski definition) is 6. The highest BCUT2D eigenvalue weighted by atomic mass is 35.5. The average Bonchev–Trinajstić information content (AvgIpc) is 3.82. The van der Waals surface area contributed by atoms with E-state index in [1.165, 1.54) is 35.8 Å².